The van der Waals surface area contributed by atoms with Gasteiger partial charge in [0, 0.05) is 21.4 Å². The highest BCUT2D eigenvalue weighted by Crippen LogP contribution is 2.36. The topological polar surface area (TPSA) is 43.1 Å². The quantitative estimate of drug-likeness (QED) is 0.462. The monoisotopic (exact) mass is 271 g/mol. The van der Waals surface area contributed by atoms with Crippen LogP contribution in [0.3, 0.4) is 0 Å². The average Bonchev–Trinajstić information content (AvgIpc) is 2.29. The molecule has 0 aliphatic heterocycles. The number of halogens is 2. The van der Waals surface area contributed by atoms with Gasteiger partial charge in [0.15, 0.2) is 0 Å². The van der Waals surface area contributed by atoms with Gasteiger partial charge in [0.25, 0.3) is 0 Å². The van der Waals surface area contributed by atoms with Crippen molar-refractivity contribution in [2.24, 2.45) is 0 Å². The molecule has 0 amide bonds. The first-order valence-corrected chi connectivity index (χ1v) is 6.08. The predicted molar refractivity (Wildman–Crippen MR) is 68.4 cm³/mol. The van der Waals surface area contributed by atoms with Gasteiger partial charge in [-0.3, -0.25) is 10.1 Å². The number of rotatable bonds is 2. The van der Waals surface area contributed by atoms with E-state index in [1.54, 1.807) is 18.2 Å². The standard InChI is InChI=1S/C12H11Cl2NO2/c13-8-5-6-9(11(14)7-8)10-3-1-2-4-12(10)15(16)17/h1-2,5-7,10,12H,3-4H2/t10-,12+/m1/s1. The molecule has 1 aromatic carbocycles. The summed E-state index contributed by atoms with van der Waals surface area (Å²) in [5.41, 5.74) is 0.808. The van der Waals surface area contributed by atoms with Gasteiger partial charge < -0.3 is 0 Å². The number of hydrogen-bond donors (Lipinski definition) is 0. The SMILES string of the molecule is O=[N+]([O-])[C@H]1CC=CC[C@@H]1c1ccc(Cl)cc1Cl. The maximum atomic E-state index is 11.0. The molecule has 0 spiro atoms. The van der Waals surface area contributed by atoms with Crippen molar-refractivity contribution in [2.45, 2.75) is 24.8 Å². The van der Waals surface area contributed by atoms with E-state index in [-0.39, 0.29) is 10.8 Å². The molecule has 0 radical (unpaired) electrons. The highest BCUT2D eigenvalue weighted by atomic mass is 35.5. The van der Waals surface area contributed by atoms with E-state index in [4.69, 9.17) is 23.2 Å². The summed E-state index contributed by atoms with van der Waals surface area (Å²) in [6, 6.07) is 4.54. The van der Waals surface area contributed by atoms with Crippen LogP contribution in [0.4, 0.5) is 0 Å². The van der Waals surface area contributed by atoms with Crippen molar-refractivity contribution < 1.29 is 4.92 Å². The minimum Gasteiger partial charge on any atom is -0.264 e. The van der Waals surface area contributed by atoms with Crippen LogP contribution < -0.4 is 0 Å². The van der Waals surface area contributed by atoms with Crippen LogP contribution >= 0.6 is 23.2 Å². The molecular formula is C12H11Cl2NO2. The lowest BCUT2D eigenvalue weighted by atomic mass is 9.84. The first kappa shape index (κ1) is 12.4. The van der Waals surface area contributed by atoms with Gasteiger partial charge in [-0.05, 0) is 24.1 Å². The second-order valence-electron chi connectivity index (χ2n) is 4.07. The van der Waals surface area contributed by atoms with Crippen LogP contribution in [0.15, 0.2) is 30.4 Å². The molecule has 0 N–H and O–H groups in total. The summed E-state index contributed by atoms with van der Waals surface area (Å²) in [4.78, 5) is 10.8. The van der Waals surface area contributed by atoms with Gasteiger partial charge in [0.05, 0.1) is 5.92 Å². The van der Waals surface area contributed by atoms with Gasteiger partial charge in [-0.1, -0.05) is 41.4 Å². The van der Waals surface area contributed by atoms with Gasteiger partial charge in [0.1, 0.15) is 0 Å². The number of nitro groups is 1. The summed E-state index contributed by atoms with van der Waals surface area (Å²) < 4.78 is 0. The van der Waals surface area contributed by atoms with E-state index in [9.17, 15) is 10.1 Å². The fraction of sp³-hybridized carbons (Fsp3) is 0.333. The summed E-state index contributed by atoms with van der Waals surface area (Å²) in [5.74, 6) is -0.167. The van der Waals surface area contributed by atoms with Crippen LogP contribution in [0.1, 0.15) is 24.3 Å². The van der Waals surface area contributed by atoms with Gasteiger partial charge in [-0.15, -0.1) is 0 Å². The predicted octanol–water partition coefficient (Wildman–Crippen LogP) is 4.07. The lowest BCUT2D eigenvalue weighted by molar-refractivity contribution is -0.526. The summed E-state index contributed by atoms with van der Waals surface area (Å²) in [6.07, 6.45) is 4.92. The summed E-state index contributed by atoms with van der Waals surface area (Å²) in [6.45, 7) is 0. The van der Waals surface area contributed by atoms with E-state index in [2.05, 4.69) is 0 Å². The second-order valence-corrected chi connectivity index (χ2v) is 4.91. The minimum atomic E-state index is -0.598. The number of nitrogens with zero attached hydrogens (tertiary/aromatic N) is 1. The van der Waals surface area contributed by atoms with Crippen molar-refractivity contribution >= 4 is 23.2 Å². The summed E-state index contributed by atoms with van der Waals surface area (Å²) in [5, 5.41) is 12.1. The molecule has 0 fully saturated rings. The minimum absolute atomic E-state index is 0.167. The molecule has 0 aromatic heterocycles. The largest absolute Gasteiger partial charge is 0.264 e. The van der Waals surface area contributed by atoms with Crippen molar-refractivity contribution in [3.63, 3.8) is 0 Å². The first-order valence-electron chi connectivity index (χ1n) is 5.33. The Labute approximate surface area is 109 Å². The zero-order chi connectivity index (χ0) is 12.4. The zero-order valence-corrected chi connectivity index (χ0v) is 10.5. The Balaban J connectivity index is 2.37. The fourth-order valence-electron chi connectivity index (χ4n) is 2.17. The van der Waals surface area contributed by atoms with Crippen LogP contribution in [0.5, 0.6) is 0 Å². The third-order valence-electron chi connectivity index (χ3n) is 3.03. The molecule has 2 rings (SSSR count). The van der Waals surface area contributed by atoms with Gasteiger partial charge in [0.2, 0.25) is 6.04 Å². The Morgan fingerprint density at radius 1 is 1.24 bits per heavy atom. The van der Waals surface area contributed by atoms with E-state index in [0.717, 1.165) is 5.56 Å². The Morgan fingerprint density at radius 2 is 1.94 bits per heavy atom. The van der Waals surface area contributed by atoms with E-state index in [1.165, 1.54) is 0 Å². The highest BCUT2D eigenvalue weighted by molar-refractivity contribution is 6.35. The third-order valence-corrected chi connectivity index (χ3v) is 3.59. The van der Waals surface area contributed by atoms with Crippen LogP contribution in [0.25, 0.3) is 0 Å². The molecule has 90 valence electrons. The lowest BCUT2D eigenvalue weighted by Crippen LogP contribution is -2.29. The fourth-order valence-corrected chi connectivity index (χ4v) is 2.72. The normalized spacial score (nSPS) is 23.6. The second kappa shape index (κ2) is 5.07. The Kier molecular flexibility index (Phi) is 3.69. The molecule has 1 aromatic rings. The molecule has 5 heteroatoms. The smallest absolute Gasteiger partial charge is 0.223 e. The van der Waals surface area contributed by atoms with E-state index in [0.29, 0.717) is 22.9 Å². The van der Waals surface area contributed by atoms with E-state index in [1.807, 2.05) is 12.2 Å². The molecule has 0 saturated carbocycles. The van der Waals surface area contributed by atoms with E-state index < -0.39 is 6.04 Å². The Hall–Kier alpha value is -1.06. The maximum Gasteiger partial charge on any atom is 0.223 e. The Bertz CT molecular complexity index is 474. The Morgan fingerprint density at radius 3 is 2.59 bits per heavy atom. The highest BCUT2D eigenvalue weighted by Gasteiger charge is 2.34. The molecule has 0 saturated heterocycles. The van der Waals surface area contributed by atoms with Gasteiger partial charge >= 0.3 is 0 Å². The average molecular weight is 272 g/mol. The number of benzene rings is 1. The van der Waals surface area contributed by atoms with Crippen molar-refractivity contribution in [3.8, 4) is 0 Å². The van der Waals surface area contributed by atoms with Crippen molar-refractivity contribution in [1.29, 1.82) is 0 Å². The first-order chi connectivity index (χ1) is 8.09. The molecule has 0 heterocycles. The summed E-state index contributed by atoms with van der Waals surface area (Å²) in [7, 11) is 0. The number of hydrogen-bond acceptors (Lipinski definition) is 2. The molecule has 0 unspecified atom stereocenters. The van der Waals surface area contributed by atoms with Gasteiger partial charge in [-0.2, -0.15) is 0 Å². The molecule has 1 aliphatic carbocycles. The molecular weight excluding hydrogens is 261 g/mol. The van der Waals surface area contributed by atoms with Crippen molar-refractivity contribution in [3.05, 3.63) is 56.1 Å². The number of allylic oxidation sites excluding steroid dienone is 1. The van der Waals surface area contributed by atoms with Crippen molar-refractivity contribution in [1.82, 2.24) is 0 Å². The molecule has 17 heavy (non-hydrogen) atoms. The molecule has 0 bridgehead atoms. The lowest BCUT2D eigenvalue weighted by Gasteiger charge is -2.23. The van der Waals surface area contributed by atoms with Gasteiger partial charge in [-0.25, -0.2) is 0 Å². The zero-order valence-electron chi connectivity index (χ0n) is 8.98. The summed E-state index contributed by atoms with van der Waals surface area (Å²) >= 11 is 11.9. The van der Waals surface area contributed by atoms with Crippen molar-refractivity contribution in [2.75, 3.05) is 0 Å². The van der Waals surface area contributed by atoms with Crippen LogP contribution in [-0.4, -0.2) is 11.0 Å². The molecule has 3 nitrogen and oxygen atoms in total. The van der Waals surface area contributed by atoms with Crippen LogP contribution in [0, 0.1) is 10.1 Å². The third kappa shape index (κ3) is 2.61. The maximum absolute atomic E-state index is 11.0. The van der Waals surface area contributed by atoms with E-state index >= 15 is 0 Å². The molecule has 1 aliphatic rings. The van der Waals surface area contributed by atoms with Crippen LogP contribution in [0.2, 0.25) is 10.0 Å². The van der Waals surface area contributed by atoms with Crippen LogP contribution in [-0.2, 0) is 0 Å². The molecule has 2 atom stereocenters.